The maximum atomic E-state index is 11.3. The lowest BCUT2D eigenvalue weighted by molar-refractivity contribution is 0.194. The predicted molar refractivity (Wildman–Crippen MR) is 54.0 cm³/mol. The van der Waals surface area contributed by atoms with E-state index < -0.39 is 10.0 Å². The van der Waals surface area contributed by atoms with Gasteiger partial charge in [-0.1, -0.05) is 20.3 Å². The SMILES string of the molecule is CC[C@@H]1CN(S(C)(=O)=O)CC[C@H]1C. The number of hydrogen-bond donors (Lipinski definition) is 0. The van der Waals surface area contributed by atoms with Crippen LogP contribution in [-0.2, 0) is 10.0 Å². The fourth-order valence-electron chi connectivity index (χ4n) is 1.95. The van der Waals surface area contributed by atoms with Gasteiger partial charge in [0, 0.05) is 13.1 Å². The van der Waals surface area contributed by atoms with Crippen molar-refractivity contribution in [1.82, 2.24) is 4.31 Å². The number of nitrogens with zero attached hydrogens (tertiary/aromatic N) is 1. The minimum Gasteiger partial charge on any atom is -0.213 e. The molecule has 1 saturated heterocycles. The minimum absolute atomic E-state index is 0.545. The van der Waals surface area contributed by atoms with Crippen molar-refractivity contribution in [3.05, 3.63) is 0 Å². The van der Waals surface area contributed by atoms with Gasteiger partial charge in [-0.3, -0.25) is 0 Å². The molecule has 0 radical (unpaired) electrons. The molecular weight excluding hydrogens is 186 g/mol. The van der Waals surface area contributed by atoms with Gasteiger partial charge in [0.15, 0.2) is 0 Å². The Morgan fingerprint density at radius 2 is 2.08 bits per heavy atom. The normalized spacial score (nSPS) is 31.9. The second-order valence-electron chi connectivity index (χ2n) is 4.06. The number of piperidine rings is 1. The quantitative estimate of drug-likeness (QED) is 0.681. The minimum atomic E-state index is -2.96. The first-order chi connectivity index (χ1) is 5.95. The van der Waals surface area contributed by atoms with E-state index in [1.165, 1.54) is 6.26 Å². The maximum absolute atomic E-state index is 11.3. The summed E-state index contributed by atoms with van der Waals surface area (Å²) >= 11 is 0. The summed E-state index contributed by atoms with van der Waals surface area (Å²) < 4.78 is 24.2. The van der Waals surface area contributed by atoms with Crippen molar-refractivity contribution in [1.29, 1.82) is 0 Å². The highest BCUT2D eigenvalue weighted by Crippen LogP contribution is 2.26. The van der Waals surface area contributed by atoms with E-state index in [9.17, 15) is 8.42 Å². The zero-order valence-electron chi connectivity index (χ0n) is 8.66. The highest BCUT2D eigenvalue weighted by molar-refractivity contribution is 7.88. The van der Waals surface area contributed by atoms with Crippen molar-refractivity contribution in [2.24, 2.45) is 11.8 Å². The first kappa shape index (κ1) is 11.0. The van der Waals surface area contributed by atoms with Gasteiger partial charge in [0.2, 0.25) is 10.0 Å². The zero-order chi connectivity index (χ0) is 10.1. The van der Waals surface area contributed by atoms with Gasteiger partial charge in [0.25, 0.3) is 0 Å². The van der Waals surface area contributed by atoms with Gasteiger partial charge < -0.3 is 0 Å². The fraction of sp³-hybridized carbons (Fsp3) is 1.00. The van der Waals surface area contributed by atoms with Crippen molar-refractivity contribution >= 4 is 10.0 Å². The summed E-state index contributed by atoms with van der Waals surface area (Å²) in [4.78, 5) is 0. The molecule has 0 aromatic heterocycles. The van der Waals surface area contributed by atoms with E-state index in [1.807, 2.05) is 0 Å². The summed E-state index contributed by atoms with van der Waals surface area (Å²) in [6.45, 7) is 5.77. The van der Waals surface area contributed by atoms with Crippen molar-refractivity contribution in [2.45, 2.75) is 26.7 Å². The maximum Gasteiger partial charge on any atom is 0.211 e. The van der Waals surface area contributed by atoms with Crippen LogP contribution in [0.25, 0.3) is 0 Å². The summed E-state index contributed by atoms with van der Waals surface area (Å²) in [6, 6.07) is 0. The molecule has 1 rings (SSSR count). The molecule has 0 unspecified atom stereocenters. The molecule has 0 spiro atoms. The van der Waals surface area contributed by atoms with E-state index in [-0.39, 0.29) is 0 Å². The smallest absolute Gasteiger partial charge is 0.211 e. The van der Waals surface area contributed by atoms with E-state index >= 15 is 0 Å². The number of rotatable bonds is 2. The van der Waals surface area contributed by atoms with Crippen molar-refractivity contribution in [3.8, 4) is 0 Å². The molecule has 0 bridgehead atoms. The van der Waals surface area contributed by atoms with E-state index in [1.54, 1.807) is 4.31 Å². The molecular formula is C9H19NO2S. The van der Waals surface area contributed by atoms with Crippen LogP contribution in [0.4, 0.5) is 0 Å². The summed E-state index contributed by atoms with van der Waals surface area (Å²) in [5, 5.41) is 0. The van der Waals surface area contributed by atoms with Crippen LogP contribution in [0.1, 0.15) is 26.7 Å². The zero-order valence-corrected chi connectivity index (χ0v) is 9.47. The second kappa shape index (κ2) is 3.96. The Labute approximate surface area is 81.2 Å². The standard InChI is InChI=1S/C9H19NO2S/c1-4-9-7-10(13(3,11)12)6-5-8(9)2/h8-9H,4-7H2,1-3H3/t8-,9-/m1/s1. The van der Waals surface area contributed by atoms with Crippen LogP contribution < -0.4 is 0 Å². The Kier molecular flexibility index (Phi) is 3.35. The molecule has 1 aliphatic rings. The van der Waals surface area contributed by atoms with Crippen LogP contribution in [0, 0.1) is 11.8 Å². The highest BCUT2D eigenvalue weighted by Gasteiger charge is 2.29. The third-order valence-corrected chi connectivity index (χ3v) is 4.34. The number of sulfonamides is 1. The molecule has 1 fully saturated rings. The van der Waals surface area contributed by atoms with E-state index in [4.69, 9.17) is 0 Å². The fourth-order valence-corrected chi connectivity index (χ4v) is 2.85. The van der Waals surface area contributed by atoms with Crippen LogP contribution in [0.3, 0.4) is 0 Å². The first-order valence-electron chi connectivity index (χ1n) is 4.90. The lowest BCUT2D eigenvalue weighted by atomic mass is 9.86. The van der Waals surface area contributed by atoms with E-state index in [0.717, 1.165) is 19.4 Å². The largest absolute Gasteiger partial charge is 0.213 e. The van der Waals surface area contributed by atoms with Crippen molar-refractivity contribution in [2.75, 3.05) is 19.3 Å². The Bertz CT molecular complexity index is 261. The van der Waals surface area contributed by atoms with Crippen molar-refractivity contribution in [3.63, 3.8) is 0 Å². The average molecular weight is 205 g/mol. The molecule has 1 aliphatic heterocycles. The van der Waals surface area contributed by atoms with Crippen LogP contribution in [0.5, 0.6) is 0 Å². The van der Waals surface area contributed by atoms with Gasteiger partial charge in [0.1, 0.15) is 0 Å². The summed E-state index contributed by atoms with van der Waals surface area (Å²) in [7, 11) is -2.96. The molecule has 0 saturated carbocycles. The van der Waals surface area contributed by atoms with Gasteiger partial charge in [0.05, 0.1) is 6.26 Å². The second-order valence-corrected chi connectivity index (χ2v) is 6.04. The van der Waals surface area contributed by atoms with E-state index in [2.05, 4.69) is 13.8 Å². The molecule has 2 atom stereocenters. The summed E-state index contributed by atoms with van der Waals surface area (Å²) in [5.41, 5.74) is 0. The molecule has 13 heavy (non-hydrogen) atoms. The molecule has 0 aromatic carbocycles. The van der Waals surface area contributed by atoms with Crippen molar-refractivity contribution < 1.29 is 8.42 Å². The first-order valence-corrected chi connectivity index (χ1v) is 6.75. The van der Waals surface area contributed by atoms with Crippen LogP contribution in [-0.4, -0.2) is 32.1 Å². The predicted octanol–water partition coefficient (Wildman–Crippen LogP) is 1.31. The van der Waals surface area contributed by atoms with E-state index in [0.29, 0.717) is 18.4 Å². The molecule has 0 N–H and O–H groups in total. The third kappa shape index (κ3) is 2.68. The molecule has 1 heterocycles. The topological polar surface area (TPSA) is 37.4 Å². The van der Waals surface area contributed by atoms with Gasteiger partial charge >= 0.3 is 0 Å². The van der Waals surface area contributed by atoms with Gasteiger partial charge in [-0.05, 0) is 18.3 Å². The Hall–Kier alpha value is -0.0900. The lowest BCUT2D eigenvalue weighted by Crippen LogP contribution is -2.42. The molecule has 0 aromatic rings. The van der Waals surface area contributed by atoms with Gasteiger partial charge in [-0.2, -0.15) is 0 Å². The molecule has 0 aliphatic carbocycles. The molecule has 4 heteroatoms. The summed E-state index contributed by atoms with van der Waals surface area (Å²) in [5.74, 6) is 1.21. The Morgan fingerprint density at radius 1 is 1.46 bits per heavy atom. The van der Waals surface area contributed by atoms with Crippen LogP contribution >= 0.6 is 0 Å². The lowest BCUT2D eigenvalue weighted by Gasteiger charge is -2.35. The average Bonchev–Trinajstić information content (AvgIpc) is 2.03. The van der Waals surface area contributed by atoms with Gasteiger partial charge in [-0.15, -0.1) is 0 Å². The Morgan fingerprint density at radius 3 is 2.54 bits per heavy atom. The number of hydrogen-bond acceptors (Lipinski definition) is 2. The molecule has 78 valence electrons. The van der Waals surface area contributed by atoms with Crippen LogP contribution in [0.2, 0.25) is 0 Å². The summed E-state index contributed by atoms with van der Waals surface area (Å²) in [6.07, 6.45) is 3.38. The Balaban J connectivity index is 2.65. The highest BCUT2D eigenvalue weighted by atomic mass is 32.2. The molecule has 3 nitrogen and oxygen atoms in total. The molecule has 0 amide bonds. The van der Waals surface area contributed by atoms with Gasteiger partial charge in [-0.25, -0.2) is 12.7 Å². The van der Waals surface area contributed by atoms with Crippen LogP contribution in [0.15, 0.2) is 0 Å². The third-order valence-electron chi connectivity index (χ3n) is 3.07. The monoisotopic (exact) mass is 205 g/mol.